The zero-order valence-corrected chi connectivity index (χ0v) is 15.9. The molecule has 0 bridgehead atoms. The van der Waals surface area contributed by atoms with Gasteiger partial charge in [0, 0.05) is 11.3 Å². The summed E-state index contributed by atoms with van der Waals surface area (Å²) in [5.41, 5.74) is 2.16. The molecule has 5 rings (SSSR count). The lowest BCUT2D eigenvalue weighted by Gasteiger charge is -2.27. The lowest BCUT2D eigenvalue weighted by atomic mass is 10.1. The van der Waals surface area contributed by atoms with Crippen molar-refractivity contribution in [3.63, 3.8) is 0 Å². The van der Waals surface area contributed by atoms with Crippen molar-refractivity contribution in [1.29, 1.82) is 0 Å². The fraction of sp³-hybridized carbons (Fsp3) is 0.150. The van der Waals surface area contributed by atoms with Crippen LogP contribution in [0, 0.1) is 0 Å². The van der Waals surface area contributed by atoms with Gasteiger partial charge in [-0.25, -0.2) is 0 Å². The van der Waals surface area contributed by atoms with Crippen molar-refractivity contribution in [2.75, 3.05) is 11.6 Å². The predicted molar refractivity (Wildman–Crippen MR) is 107 cm³/mol. The maximum atomic E-state index is 12.6. The molecule has 0 saturated heterocycles. The van der Waals surface area contributed by atoms with Gasteiger partial charge in [-0.2, -0.15) is 5.10 Å². The fourth-order valence-electron chi connectivity index (χ4n) is 3.54. The molecule has 1 amide bonds. The van der Waals surface area contributed by atoms with E-state index in [2.05, 4.69) is 17.5 Å². The molecule has 2 aliphatic rings. The van der Waals surface area contributed by atoms with E-state index in [0.717, 1.165) is 17.0 Å². The maximum absolute atomic E-state index is 12.6. The second kappa shape index (κ2) is 6.44. The molecule has 0 fully saturated rings. The Bertz CT molecular complexity index is 1040. The first kappa shape index (κ1) is 16.4. The van der Waals surface area contributed by atoms with Gasteiger partial charge < -0.3 is 0 Å². The second-order valence-electron chi connectivity index (χ2n) is 6.42. The van der Waals surface area contributed by atoms with Gasteiger partial charge in [-0.15, -0.1) is 22.7 Å². The summed E-state index contributed by atoms with van der Waals surface area (Å²) in [7, 11) is 0. The Kier molecular flexibility index (Phi) is 3.91. The zero-order chi connectivity index (χ0) is 18.4. The number of fused-ring (bicyclic) bond motifs is 1. The molecule has 2 aromatic heterocycles. The highest BCUT2D eigenvalue weighted by Crippen LogP contribution is 2.37. The molecule has 7 heteroatoms. The first-order valence-corrected chi connectivity index (χ1v) is 10.3. The number of ketones is 1. The van der Waals surface area contributed by atoms with Crippen LogP contribution in [0.15, 0.2) is 64.4 Å². The fourth-order valence-corrected chi connectivity index (χ4v) is 5.09. The third-order valence-corrected chi connectivity index (χ3v) is 6.73. The van der Waals surface area contributed by atoms with Crippen molar-refractivity contribution in [2.24, 2.45) is 5.10 Å². The van der Waals surface area contributed by atoms with Crippen LogP contribution in [0.1, 0.15) is 32.6 Å². The number of anilines is 1. The molecule has 134 valence electrons. The summed E-state index contributed by atoms with van der Waals surface area (Å²) in [6.45, 7) is 0.263. The summed E-state index contributed by atoms with van der Waals surface area (Å²) in [4.78, 5) is 28.7. The lowest BCUT2D eigenvalue weighted by Crippen LogP contribution is -2.38. The summed E-state index contributed by atoms with van der Waals surface area (Å²) in [5, 5.41) is 10.9. The number of para-hydroxylation sites is 1. The Labute approximate surface area is 164 Å². The maximum Gasteiger partial charge on any atom is 0.301 e. The van der Waals surface area contributed by atoms with Gasteiger partial charge in [0.1, 0.15) is 6.67 Å². The monoisotopic (exact) mass is 393 g/mol. The van der Waals surface area contributed by atoms with Crippen LogP contribution in [-0.2, 0) is 4.79 Å². The molecule has 0 spiro atoms. The van der Waals surface area contributed by atoms with Crippen LogP contribution in [0.2, 0.25) is 0 Å². The summed E-state index contributed by atoms with van der Waals surface area (Å²) < 4.78 is 0. The Balaban J connectivity index is 1.50. The first-order chi connectivity index (χ1) is 13.2. The Morgan fingerprint density at radius 3 is 2.59 bits per heavy atom. The SMILES string of the molecule is O=C1C(=O)N(CN2N=C(c3cccs3)C[C@H]2c2cccs2)c2ccccc21. The van der Waals surface area contributed by atoms with Crippen LogP contribution < -0.4 is 4.90 Å². The minimum Gasteiger partial charge on any atom is -0.285 e. The number of hydrazone groups is 1. The van der Waals surface area contributed by atoms with Gasteiger partial charge in [0.05, 0.1) is 27.9 Å². The Hall–Kier alpha value is -2.77. The number of Topliss-reactive ketones (excluding diaryl/α,β-unsaturated/α-hetero) is 1. The van der Waals surface area contributed by atoms with Crippen LogP contribution in [-0.4, -0.2) is 29.1 Å². The standard InChI is InChI=1S/C20H15N3O2S2/c24-19-13-5-1-2-6-15(13)22(20(19)25)12-23-16(18-8-4-10-27-18)11-14(21-23)17-7-3-9-26-17/h1-10,16H,11-12H2/t16-/m0/s1. The van der Waals surface area contributed by atoms with Crippen molar-refractivity contribution in [3.05, 3.63) is 74.6 Å². The van der Waals surface area contributed by atoms with Gasteiger partial charge in [-0.05, 0) is 35.0 Å². The topological polar surface area (TPSA) is 53.0 Å². The number of thiophene rings is 2. The van der Waals surface area contributed by atoms with Crippen molar-refractivity contribution in [1.82, 2.24) is 5.01 Å². The molecule has 0 aliphatic carbocycles. The molecule has 5 nitrogen and oxygen atoms in total. The number of carbonyl (C=O) groups is 2. The van der Waals surface area contributed by atoms with E-state index in [4.69, 9.17) is 5.10 Å². The van der Waals surface area contributed by atoms with Crippen LogP contribution in [0.5, 0.6) is 0 Å². The van der Waals surface area contributed by atoms with Gasteiger partial charge in [0.25, 0.3) is 5.78 Å². The summed E-state index contributed by atoms with van der Waals surface area (Å²) >= 11 is 3.35. The normalized spacial score (nSPS) is 19.0. The average molecular weight is 393 g/mol. The highest BCUT2D eigenvalue weighted by Gasteiger charge is 2.39. The Morgan fingerprint density at radius 1 is 1.00 bits per heavy atom. The Morgan fingerprint density at radius 2 is 1.81 bits per heavy atom. The largest absolute Gasteiger partial charge is 0.301 e. The highest BCUT2D eigenvalue weighted by molar-refractivity contribution is 7.12. The van der Waals surface area contributed by atoms with Gasteiger partial charge in [0.15, 0.2) is 0 Å². The number of hydrogen-bond acceptors (Lipinski definition) is 6. The molecule has 2 aliphatic heterocycles. The van der Waals surface area contributed by atoms with E-state index >= 15 is 0 Å². The molecule has 1 aromatic carbocycles. The molecule has 0 N–H and O–H groups in total. The van der Waals surface area contributed by atoms with Crippen molar-refractivity contribution >= 4 is 45.8 Å². The molecular formula is C20H15N3O2S2. The molecule has 27 heavy (non-hydrogen) atoms. The highest BCUT2D eigenvalue weighted by atomic mass is 32.1. The van der Waals surface area contributed by atoms with Crippen LogP contribution >= 0.6 is 22.7 Å². The van der Waals surface area contributed by atoms with Gasteiger partial charge in [-0.1, -0.05) is 24.3 Å². The molecule has 1 atom stereocenters. The van der Waals surface area contributed by atoms with Crippen molar-refractivity contribution in [2.45, 2.75) is 12.5 Å². The van der Waals surface area contributed by atoms with Crippen LogP contribution in [0.4, 0.5) is 5.69 Å². The molecule has 0 unspecified atom stereocenters. The zero-order valence-electron chi connectivity index (χ0n) is 14.2. The lowest BCUT2D eigenvalue weighted by molar-refractivity contribution is -0.114. The van der Waals surface area contributed by atoms with Gasteiger partial charge >= 0.3 is 5.91 Å². The summed E-state index contributed by atoms with van der Waals surface area (Å²) in [6, 6.07) is 15.4. The van der Waals surface area contributed by atoms with Crippen molar-refractivity contribution in [3.8, 4) is 0 Å². The summed E-state index contributed by atoms with van der Waals surface area (Å²) in [6.07, 6.45) is 0.790. The number of hydrogen-bond donors (Lipinski definition) is 0. The van der Waals surface area contributed by atoms with E-state index in [-0.39, 0.29) is 12.7 Å². The number of amides is 1. The van der Waals surface area contributed by atoms with E-state index in [9.17, 15) is 9.59 Å². The average Bonchev–Trinajstić information content (AvgIpc) is 3.47. The van der Waals surface area contributed by atoms with Gasteiger partial charge in [0.2, 0.25) is 0 Å². The van der Waals surface area contributed by atoms with Crippen LogP contribution in [0.25, 0.3) is 0 Å². The second-order valence-corrected chi connectivity index (χ2v) is 8.35. The third kappa shape index (κ3) is 2.70. The number of nitrogens with zero attached hydrogens (tertiary/aromatic N) is 3. The smallest absolute Gasteiger partial charge is 0.285 e. The molecule has 0 saturated carbocycles. The van der Waals surface area contributed by atoms with E-state index in [1.54, 1.807) is 39.7 Å². The minimum atomic E-state index is -0.485. The van der Waals surface area contributed by atoms with E-state index in [0.29, 0.717) is 11.3 Å². The van der Waals surface area contributed by atoms with Gasteiger partial charge in [-0.3, -0.25) is 19.5 Å². The van der Waals surface area contributed by atoms with E-state index in [1.807, 2.05) is 34.7 Å². The molecule has 4 heterocycles. The minimum absolute atomic E-state index is 0.0674. The number of benzene rings is 1. The predicted octanol–water partition coefficient (Wildman–Crippen LogP) is 4.15. The van der Waals surface area contributed by atoms with E-state index < -0.39 is 11.7 Å². The van der Waals surface area contributed by atoms with Crippen molar-refractivity contribution < 1.29 is 9.59 Å². The molecule has 0 radical (unpaired) electrons. The molecule has 3 aromatic rings. The summed E-state index contributed by atoms with van der Waals surface area (Å²) in [5.74, 6) is -0.930. The third-order valence-electron chi connectivity index (χ3n) is 4.84. The van der Waals surface area contributed by atoms with E-state index in [1.165, 1.54) is 4.88 Å². The van der Waals surface area contributed by atoms with Crippen LogP contribution in [0.3, 0.4) is 0 Å². The first-order valence-electron chi connectivity index (χ1n) is 8.59. The number of rotatable bonds is 4. The molecular weight excluding hydrogens is 378 g/mol. The number of carbonyl (C=O) groups excluding carboxylic acids is 2. The quantitative estimate of drug-likeness (QED) is 0.626.